The monoisotopic (exact) mass is 296 g/mol. The molecule has 112 valence electrons. The van der Waals surface area contributed by atoms with Gasteiger partial charge in [0, 0.05) is 23.6 Å². The van der Waals surface area contributed by atoms with Crippen LogP contribution in [0.5, 0.6) is 0 Å². The number of carbonyl (C=O) groups is 1. The van der Waals surface area contributed by atoms with Gasteiger partial charge in [0.1, 0.15) is 6.54 Å². The van der Waals surface area contributed by atoms with Crippen molar-refractivity contribution in [3.05, 3.63) is 49.1 Å². The first-order chi connectivity index (χ1) is 10.8. The van der Waals surface area contributed by atoms with Crippen LogP contribution in [0.1, 0.15) is 6.92 Å². The van der Waals surface area contributed by atoms with E-state index >= 15 is 0 Å². The predicted octanol–water partition coefficient (Wildman–Crippen LogP) is 2.37. The smallest absolute Gasteiger partial charge is 0.325 e. The van der Waals surface area contributed by atoms with Crippen LogP contribution in [0, 0.1) is 0 Å². The van der Waals surface area contributed by atoms with Gasteiger partial charge in [0.15, 0.2) is 5.65 Å². The van der Waals surface area contributed by atoms with Crippen LogP contribution in [0.2, 0.25) is 0 Å². The topological polar surface area (TPSA) is 68.5 Å². The Kier molecular flexibility index (Phi) is 4.00. The average molecular weight is 296 g/mol. The summed E-state index contributed by atoms with van der Waals surface area (Å²) in [6.45, 7) is 2.34. The van der Waals surface area contributed by atoms with Crippen molar-refractivity contribution in [1.82, 2.24) is 14.4 Å². The van der Waals surface area contributed by atoms with E-state index < -0.39 is 0 Å². The summed E-state index contributed by atoms with van der Waals surface area (Å²) < 4.78 is 6.86. The molecule has 0 aliphatic heterocycles. The van der Waals surface area contributed by atoms with Gasteiger partial charge in [-0.05, 0) is 19.1 Å². The fourth-order valence-corrected chi connectivity index (χ4v) is 2.20. The van der Waals surface area contributed by atoms with Gasteiger partial charge >= 0.3 is 5.97 Å². The Morgan fingerprint density at radius 2 is 2.09 bits per heavy atom. The number of hydrogen-bond acceptors (Lipinski definition) is 5. The third kappa shape index (κ3) is 2.90. The molecule has 0 fully saturated rings. The van der Waals surface area contributed by atoms with Gasteiger partial charge in [0.2, 0.25) is 0 Å². The fraction of sp³-hybridized carbons (Fsp3) is 0.188. The number of benzene rings is 1. The number of anilines is 1. The SMILES string of the molecule is CCOC(=O)CNc1ccc(-c2cnc3cnccn23)cc1. The summed E-state index contributed by atoms with van der Waals surface area (Å²) in [6.07, 6.45) is 7.15. The van der Waals surface area contributed by atoms with Gasteiger partial charge in [0.05, 0.1) is 24.7 Å². The summed E-state index contributed by atoms with van der Waals surface area (Å²) in [5, 5.41) is 3.03. The summed E-state index contributed by atoms with van der Waals surface area (Å²) in [4.78, 5) is 19.7. The second-order valence-corrected chi connectivity index (χ2v) is 4.68. The maximum absolute atomic E-state index is 11.3. The van der Waals surface area contributed by atoms with Gasteiger partial charge < -0.3 is 10.1 Å². The normalized spacial score (nSPS) is 10.6. The summed E-state index contributed by atoms with van der Waals surface area (Å²) in [7, 11) is 0. The van der Waals surface area contributed by atoms with E-state index in [0.717, 1.165) is 22.6 Å². The Bertz CT molecular complexity index is 780. The Morgan fingerprint density at radius 1 is 1.27 bits per heavy atom. The van der Waals surface area contributed by atoms with Crippen molar-refractivity contribution in [3.63, 3.8) is 0 Å². The van der Waals surface area contributed by atoms with Crippen molar-refractivity contribution in [2.75, 3.05) is 18.5 Å². The largest absolute Gasteiger partial charge is 0.465 e. The van der Waals surface area contributed by atoms with Crippen molar-refractivity contribution in [2.45, 2.75) is 6.92 Å². The zero-order valence-corrected chi connectivity index (χ0v) is 12.2. The van der Waals surface area contributed by atoms with E-state index in [1.165, 1.54) is 0 Å². The number of esters is 1. The molecule has 6 nitrogen and oxygen atoms in total. The standard InChI is InChI=1S/C16H16N4O2/c1-2-22-16(21)11-18-13-5-3-12(4-6-13)14-9-19-15-10-17-7-8-20(14)15/h3-10,18H,2,11H2,1H3. The number of hydrogen-bond donors (Lipinski definition) is 1. The van der Waals surface area contributed by atoms with Gasteiger partial charge in [-0.1, -0.05) is 12.1 Å². The quantitative estimate of drug-likeness (QED) is 0.732. The molecule has 6 heteroatoms. The first kappa shape index (κ1) is 14.1. The van der Waals surface area contributed by atoms with E-state index in [1.54, 1.807) is 19.3 Å². The predicted molar refractivity (Wildman–Crippen MR) is 83.5 cm³/mol. The molecule has 2 heterocycles. The number of aromatic nitrogens is 3. The van der Waals surface area contributed by atoms with E-state index in [-0.39, 0.29) is 12.5 Å². The van der Waals surface area contributed by atoms with Crippen LogP contribution in [0.4, 0.5) is 5.69 Å². The molecule has 0 bridgehead atoms. The Hall–Kier alpha value is -2.89. The fourth-order valence-electron chi connectivity index (χ4n) is 2.20. The molecule has 0 spiro atoms. The molecule has 0 saturated heterocycles. The number of ether oxygens (including phenoxy) is 1. The van der Waals surface area contributed by atoms with E-state index in [9.17, 15) is 4.79 Å². The molecule has 0 aliphatic carbocycles. The third-order valence-electron chi connectivity index (χ3n) is 3.24. The Balaban J connectivity index is 1.75. The van der Waals surface area contributed by atoms with Gasteiger partial charge in [-0.15, -0.1) is 0 Å². The molecule has 1 N–H and O–H groups in total. The van der Waals surface area contributed by atoms with E-state index in [4.69, 9.17) is 4.74 Å². The Labute approximate surface area is 127 Å². The summed E-state index contributed by atoms with van der Waals surface area (Å²) in [5.41, 5.74) is 3.71. The van der Waals surface area contributed by atoms with Crippen LogP contribution in [0.25, 0.3) is 16.9 Å². The summed E-state index contributed by atoms with van der Waals surface area (Å²) >= 11 is 0. The zero-order valence-electron chi connectivity index (χ0n) is 12.2. The van der Waals surface area contributed by atoms with Crippen LogP contribution in [0.15, 0.2) is 49.1 Å². The van der Waals surface area contributed by atoms with Crippen molar-refractivity contribution >= 4 is 17.3 Å². The number of nitrogens with one attached hydrogen (secondary N) is 1. The van der Waals surface area contributed by atoms with Crippen LogP contribution in [0.3, 0.4) is 0 Å². The van der Waals surface area contributed by atoms with E-state index in [1.807, 2.05) is 41.1 Å². The summed E-state index contributed by atoms with van der Waals surface area (Å²) in [5.74, 6) is -0.263. The highest BCUT2D eigenvalue weighted by Gasteiger charge is 2.06. The molecular weight excluding hydrogens is 280 g/mol. The first-order valence-electron chi connectivity index (χ1n) is 7.05. The lowest BCUT2D eigenvalue weighted by Gasteiger charge is -2.07. The average Bonchev–Trinajstić information content (AvgIpc) is 2.98. The van der Waals surface area contributed by atoms with Crippen LogP contribution in [-0.4, -0.2) is 33.5 Å². The molecule has 3 aromatic rings. The van der Waals surface area contributed by atoms with E-state index in [2.05, 4.69) is 15.3 Å². The lowest BCUT2D eigenvalue weighted by Crippen LogP contribution is -2.16. The van der Waals surface area contributed by atoms with Gasteiger partial charge in [0.25, 0.3) is 0 Å². The van der Waals surface area contributed by atoms with Crippen molar-refractivity contribution < 1.29 is 9.53 Å². The minimum Gasteiger partial charge on any atom is -0.465 e. The van der Waals surface area contributed by atoms with Gasteiger partial charge in [-0.3, -0.25) is 14.2 Å². The Morgan fingerprint density at radius 3 is 2.86 bits per heavy atom. The van der Waals surface area contributed by atoms with Crippen molar-refractivity contribution in [3.8, 4) is 11.3 Å². The molecule has 1 aromatic carbocycles. The molecule has 3 rings (SSSR count). The molecule has 22 heavy (non-hydrogen) atoms. The molecule has 0 atom stereocenters. The van der Waals surface area contributed by atoms with Crippen molar-refractivity contribution in [2.24, 2.45) is 0 Å². The van der Waals surface area contributed by atoms with Crippen molar-refractivity contribution in [1.29, 1.82) is 0 Å². The highest BCUT2D eigenvalue weighted by Crippen LogP contribution is 2.22. The molecule has 2 aromatic heterocycles. The minimum atomic E-state index is -0.263. The highest BCUT2D eigenvalue weighted by molar-refractivity contribution is 5.75. The van der Waals surface area contributed by atoms with Gasteiger partial charge in [-0.25, -0.2) is 4.98 Å². The molecule has 0 radical (unpaired) electrons. The second-order valence-electron chi connectivity index (χ2n) is 4.68. The number of carbonyl (C=O) groups excluding carboxylic acids is 1. The zero-order chi connectivity index (χ0) is 15.4. The van der Waals surface area contributed by atoms with Gasteiger partial charge in [-0.2, -0.15) is 0 Å². The number of fused-ring (bicyclic) bond motifs is 1. The number of rotatable bonds is 5. The molecule has 0 aliphatic rings. The van der Waals surface area contributed by atoms with E-state index in [0.29, 0.717) is 6.61 Å². The van der Waals surface area contributed by atoms with Crippen LogP contribution >= 0.6 is 0 Å². The maximum Gasteiger partial charge on any atom is 0.325 e. The highest BCUT2D eigenvalue weighted by atomic mass is 16.5. The minimum absolute atomic E-state index is 0.161. The van der Waals surface area contributed by atoms with Crippen LogP contribution < -0.4 is 5.32 Å². The lowest BCUT2D eigenvalue weighted by atomic mass is 10.1. The molecule has 0 amide bonds. The van der Waals surface area contributed by atoms with Crippen LogP contribution in [-0.2, 0) is 9.53 Å². The third-order valence-corrected chi connectivity index (χ3v) is 3.24. The number of nitrogens with zero attached hydrogens (tertiary/aromatic N) is 3. The maximum atomic E-state index is 11.3. The molecule has 0 unspecified atom stereocenters. The summed E-state index contributed by atoms with van der Waals surface area (Å²) in [6, 6.07) is 7.82. The number of imidazole rings is 1. The molecule has 0 saturated carbocycles. The second kappa shape index (κ2) is 6.26. The first-order valence-corrected chi connectivity index (χ1v) is 7.05. The lowest BCUT2D eigenvalue weighted by molar-refractivity contribution is -0.140. The molecular formula is C16H16N4O2.